The number of furan rings is 1. The van der Waals surface area contributed by atoms with Gasteiger partial charge in [-0.3, -0.25) is 9.78 Å². The number of carboxylic acids is 1. The van der Waals surface area contributed by atoms with Gasteiger partial charge in [0.15, 0.2) is 16.9 Å². The third kappa shape index (κ3) is 3.61. The summed E-state index contributed by atoms with van der Waals surface area (Å²) in [5.74, 6) is -0.215. The zero-order valence-electron chi connectivity index (χ0n) is 18.9. The minimum atomic E-state index is -1.02. The largest absolute Gasteiger partial charge is 0.478 e. The van der Waals surface area contributed by atoms with Crippen molar-refractivity contribution in [3.05, 3.63) is 93.4 Å². The third-order valence-electron chi connectivity index (χ3n) is 5.93. The molecule has 0 fully saturated rings. The number of hydrogen-bond donors (Lipinski definition) is 2. The van der Waals surface area contributed by atoms with Crippen LogP contribution < -0.4 is 10.7 Å². The first-order chi connectivity index (χ1) is 16.3. The molecule has 0 bridgehead atoms. The first-order valence-corrected chi connectivity index (χ1v) is 10.8. The van der Waals surface area contributed by atoms with Gasteiger partial charge in [0, 0.05) is 34.6 Å². The van der Waals surface area contributed by atoms with Crippen molar-refractivity contribution in [2.24, 2.45) is 0 Å². The number of carboxylic acid groups (broad SMARTS) is 1. The van der Waals surface area contributed by atoms with Crippen LogP contribution in [0.5, 0.6) is 0 Å². The molecule has 7 nitrogen and oxygen atoms in total. The van der Waals surface area contributed by atoms with E-state index in [1.165, 1.54) is 0 Å². The molecule has 5 rings (SSSR count). The van der Waals surface area contributed by atoms with Gasteiger partial charge in [-0.15, -0.1) is 0 Å². The molecule has 2 N–H and O–H groups in total. The highest BCUT2D eigenvalue weighted by Gasteiger charge is 2.21. The SMILES string of the molecule is Cc1cc([C@@H](C)Nc2ccccc2C(=O)O)c2oc(-c3cc4cnccc4o3)c(C)c(=O)c2c1. The number of aryl methyl sites for hydroxylation is 1. The molecule has 34 heavy (non-hydrogen) atoms. The number of aromatic carboxylic acids is 1. The lowest BCUT2D eigenvalue weighted by atomic mass is 9.99. The Morgan fingerprint density at radius 3 is 2.65 bits per heavy atom. The van der Waals surface area contributed by atoms with Crippen LogP contribution in [0.4, 0.5) is 5.69 Å². The Balaban J connectivity index is 1.68. The molecule has 0 radical (unpaired) electrons. The summed E-state index contributed by atoms with van der Waals surface area (Å²) in [7, 11) is 0. The summed E-state index contributed by atoms with van der Waals surface area (Å²) in [6, 6.07) is 13.7. The first-order valence-electron chi connectivity index (χ1n) is 10.8. The van der Waals surface area contributed by atoms with Crippen molar-refractivity contribution >= 4 is 33.6 Å². The summed E-state index contributed by atoms with van der Waals surface area (Å²) < 4.78 is 12.3. The van der Waals surface area contributed by atoms with Gasteiger partial charge in [0.1, 0.15) is 11.2 Å². The molecule has 3 heterocycles. The van der Waals surface area contributed by atoms with Crippen LogP contribution in [-0.4, -0.2) is 16.1 Å². The monoisotopic (exact) mass is 454 g/mol. The Morgan fingerprint density at radius 1 is 1.09 bits per heavy atom. The first kappa shape index (κ1) is 21.5. The Morgan fingerprint density at radius 2 is 1.88 bits per heavy atom. The fourth-order valence-corrected chi connectivity index (χ4v) is 4.23. The van der Waals surface area contributed by atoms with Crippen LogP contribution in [0.25, 0.3) is 33.5 Å². The molecule has 0 unspecified atom stereocenters. The fourth-order valence-electron chi connectivity index (χ4n) is 4.23. The van der Waals surface area contributed by atoms with Crippen LogP contribution in [0.2, 0.25) is 0 Å². The van der Waals surface area contributed by atoms with E-state index in [9.17, 15) is 14.7 Å². The number of hydrogen-bond acceptors (Lipinski definition) is 6. The van der Waals surface area contributed by atoms with E-state index >= 15 is 0 Å². The summed E-state index contributed by atoms with van der Waals surface area (Å²) >= 11 is 0. The van der Waals surface area contributed by atoms with E-state index < -0.39 is 5.97 Å². The number of fused-ring (bicyclic) bond motifs is 2. The van der Waals surface area contributed by atoms with E-state index in [-0.39, 0.29) is 17.0 Å². The summed E-state index contributed by atoms with van der Waals surface area (Å²) in [5, 5.41) is 14.1. The van der Waals surface area contributed by atoms with Crippen molar-refractivity contribution in [2.75, 3.05) is 5.32 Å². The number of anilines is 1. The lowest BCUT2D eigenvalue weighted by Crippen LogP contribution is -2.13. The summed E-state index contributed by atoms with van der Waals surface area (Å²) in [6.45, 7) is 5.54. The lowest BCUT2D eigenvalue weighted by Gasteiger charge is -2.19. The highest BCUT2D eigenvalue weighted by atomic mass is 16.4. The second kappa shape index (κ2) is 8.19. The molecule has 0 saturated carbocycles. The molecule has 0 aliphatic carbocycles. The maximum atomic E-state index is 13.4. The summed E-state index contributed by atoms with van der Waals surface area (Å²) in [5.41, 5.74) is 3.69. The standard InChI is InChI=1S/C27H22N2O5/c1-14-10-19(16(3)29-21-7-5-4-6-18(21)27(31)32)26-20(11-14)24(30)15(2)25(34-26)23-12-17-13-28-9-8-22(17)33-23/h4-13,16,29H,1-3H3,(H,31,32)/t16-/m1/s1. The Labute approximate surface area is 194 Å². The van der Waals surface area contributed by atoms with E-state index in [0.717, 1.165) is 16.5 Å². The van der Waals surface area contributed by atoms with Crippen LogP contribution >= 0.6 is 0 Å². The van der Waals surface area contributed by atoms with Crippen molar-refractivity contribution in [2.45, 2.75) is 26.8 Å². The van der Waals surface area contributed by atoms with Crippen LogP contribution in [0.3, 0.4) is 0 Å². The second-order valence-corrected chi connectivity index (χ2v) is 8.36. The van der Waals surface area contributed by atoms with E-state index in [4.69, 9.17) is 8.83 Å². The van der Waals surface area contributed by atoms with Gasteiger partial charge in [0.25, 0.3) is 0 Å². The molecule has 0 amide bonds. The molecule has 1 atom stereocenters. The number of carbonyl (C=O) groups is 1. The molecule has 0 aliphatic heterocycles. The number of benzene rings is 2. The topological polar surface area (TPSA) is 106 Å². The average molecular weight is 454 g/mol. The van der Waals surface area contributed by atoms with Crippen molar-refractivity contribution in [1.29, 1.82) is 0 Å². The van der Waals surface area contributed by atoms with Gasteiger partial charge in [-0.05, 0) is 56.7 Å². The Kier molecular flexibility index (Phi) is 5.17. The molecule has 2 aromatic carbocycles. The van der Waals surface area contributed by atoms with Crippen LogP contribution in [0, 0.1) is 13.8 Å². The smallest absolute Gasteiger partial charge is 0.337 e. The van der Waals surface area contributed by atoms with Crippen LogP contribution in [0.15, 0.2) is 74.6 Å². The van der Waals surface area contributed by atoms with Gasteiger partial charge in [0.2, 0.25) is 0 Å². The van der Waals surface area contributed by atoms with Crippen molar-refractivity contribution in [1.82, 2.24) is 4.98 Å². The molecule has 0 saturated heterocycles. The highest BCUT2D eigenvalue weighted by Crippen LogP contribution is 2.34. The van der Waals surface area contributed by atoms with Gasteiger partial charge in [-0.25, -0.2) is 4.79 Å². The zero-order chi connectivity index (χ0) is 24.0. The van der Waals surface area contributed by atoms with E-state index in [1.54, 1.807) is 55.7 Å². The summed E-state index contributed by atoms with van der Waals surface area (Å²) in [6.07, 6.45) is 3.33. The quantitative estimate of drug-likeness (QED) is 0.331. The number of pyridine rings is 1. The number of aromatic nitrogens is 1. The van der Waals surface area contributed by atoms with Gasteiger partial charge < -0.3 is 19.3 Å². The number of para-hydroxylation sites is 1. The molecule has 0 spiro atoms. The summed E-state index contributed by atoms with van der Waals surface area (Å²) in [4.78, 5) is 29.1. The molecular formula is C27H22N2O5. The van der Waals surface area contributed by atoms with Crippen molar-refractivity contribution < 1.29 is 18.7 Å². The van der Waals surface area contributed by atoms with Gasteiger partial charge in [0.05, 0.1) is 17.0 Å². The highest BCUT2D eigenvalue weighted by molar-refractivity contribution is 5.94. The zero-order valence-corrected chi connectivity index (χ0v) is 18.9. The fraction of sp³-hybridized carbons (Fsp3) is 0.148. The van der Waals surface area contributed by atoms with E-state index in [1.807, 2.05) is 26.0 Å². The molecule has 5 aromatic rings. The predicted molar refractivity (Wildman–Crippen MR) is 130 cm³/mol. The minimum absolute atomic E-state index is 0.141. The van der Waals surface area contributed by atoms with Crippen LogP contribution in [-0.2, 0) is 0 Å². The van der Waals surface area contributed by atoms with Gasteiger partial charge >= 0.3 is 5.97 Å². The normalized spacial score (nSPS) is 12.2. The van der Waals surface area contributed by atoms with Gasteiger partial charge in [-0.2, -0.15) is 0 Å². The van der Waals surface area contributed by atoms with E-state index in [2.05, 4.69) is 10.3 Å². The second-order valence-electron chi connectivity index (χ2n) is 8.36. The number of nitrogens with one attached hydrogen (secondary N) is 1. The minimum Gasteiger partial charge on any atom is -0.478 e. The maximum Gasteiger partial charge on any atom is 0.337 e. The average Bonchev–Trinajstić information content (AvgIpc) is 3.25. The van der Waals surface area contributed by atoms with Gasteiger partial charge in [-0.1, -0.05) is 18.2 Å². The Hall–Kier alpha value is -4.39. The molecule has 3 aromatic heterocycles. The molecular weight excluding hydrogens is 432 g/mol. The number of nitrogens with zero attached hydrogens (tertiary/aromatic N) is 1. The molecule has 170 valence electrons. The van der Waals surface area contributed by atoms with Crippen molar-refractivity contribution in [3.8, 4) is 11.5 Å². The third-order valence-corrected chi connectivity index (χ3v) is 5.93. The predicted octanol–water partition coefficient (Wildman–Crippen LogP) is 6.09. The van der Waals surface area contributed by atoms with E-state index in [0.29, 0.717) is 39.3 Å². The molecule has 0 aliphatic rings. The maximum absolute atomic E-state index is 13.4. The molecule has 7 heteroatoms. The lowest BCUT2D eigenvalue weighted by molar-refractivity contribution is 0.0698. The Bertz CT molecular complexity index is 1600. The van der Waals surface area contributed by atoms with Crippen molar-refractivity contribution in [3.63, 3.8) is 0 Å². The number of rotatable bonds is 5. The van der Waals surface area contributed by atoms with Crippen LogP contribution in [0.1, 0.15) is 40.0 Å².